The average molecular weight is 699 g/mol. The number of aromatic nitrogens is 1. The molecule has 0 spiro atoms. The fourth-order valence-corrected chi connectivity index (χ4v) is 7.40. The maximum Gasteiger partial charge on any atom is 0.252 e. The second-order valence-corrected chi connectivity index (χ2v) is 13.8. The van der Waals surface area contributed by atoms with E-state index in [1.54, 1.807) is 7.11 Å². The van der Waals surface area contributed by atoms with Gasteiger partial charge in [0.25, 0.3) is 5.91 Å². The Bertz CT molecular complexity index is 1700. The highest BCUT2D eigenvalue weighted by Gasteiger charge is 2.41. The minimum atomic E-state index is -0.721. The first-order valence-corrected chi connectivity index (χ1v) is 17.3. The van der Waals surface area contributed by atoms with Gasteiger partial charge in [-0.2, -0.15) is 0 Å². The Morgan fingerprint density at radius 1 is 1.08 bits per heavy atom. The quantitative estimate of drug-likeness (QED) is 0.246. The summed E-state index contributed by atoms with van der Waals surface area (Å²) >= 11 is 12.7. The van der Waals surface area contributed by atoms with Crippen LogP contribution in [0.5, 0.6) is 5.75 Å². The summed E-state index contributed by atoms with van der Waals surface area (Å²) in [6.07, 6.45) is 5.52. The van der Waals surface area contributed by atoms with Crippen molar-refractivity contribution in [2.75, 3.05) is 44.8 Å². The molecule has 1 aromatic heterocycles. The number of nitrogens with one attached hydrogen (secondary N) is 2. The van der Waals surface area contributed by atoms with Gasteiger partial charge in [-0.25, -0.2) is 13.8 Å². The summed E-state index contributed by atoms with van der Waals surface area (Å²) < 4.78 is 39.3. The average Bonchev–Trinajstić information content (AvgIpc) is 3.83. The summed E-state index contributed by atoms with van der Waals surface area (Å²) in [7, 11) is 1.69. The van der Waals surface area contributed by atoms with Gasteiger partial charge in [-0.3, -0.25) is 4.79 Å². The molecule has 2 aromatic carbocycles. The van der Waals surface area contributed by atoms with E-state index >= 15 is 0 Å². The van der Waals surface area contributed by atoms with Gasteiger partial charge in [0.1, 0.15) is 22.8 Å². The van der Waals surface area contributed by atoms with E-state index in [1.807, 2.05) is 35.4 Å². The van der Waals surface area contributed by atoms with Crippen LogP contribution in [0.2, 0.25) is 10.0 Å². The molecule has 1 saturated carbocycles. The zero-order valence-electron chi connectivity index (χ0n) is 26.8. The molecule has 3 aromatic rings. The second kappa shape index (κ2) is 14.3. The van der Waals surface area contributed by atoms with Crippen LogP contribution in [-0.2, 0) is 22.5 Å². The number of hydrogen-bond acceptors (Lipinski definition) is 7. The van der Waals surface area contributed by atoms with E-state index in [9.17, 15) is 13.6 Å². The van der Waals surface area contributed by atoms with Gasteiger partial charge in [0.2, 0.25) is 0 Å². The fourth-order valence-electron chi connectivity index (χ4n) is 7.02. The first kappa shape index (κ1) is 33.2. The molecule has 0 radical (unpaired) electrons. The van der Waals surface area contributed by atoms with E-state index in [4.69, 9.17) is 37.7 Å². The Balaban J connectivity index is 1.12. The SMILES string of the molecule is COCCc1ccc(Cl)c(CN(C(=O)C2=C(c3ccc(N4CC[C@@H](Oc5c(F)ccc(F)c5Cl)C4)nc3)C[C@H]3CNC[C@H]2N3)C2CC2)c1. The summed E-state index contributed by atoms with van der Waals surface area (Å²) in [5.74, 6) is -0.883. The van der Waals surface area contributed by atoms with Crippen molar-refractivity contribution in [3.05, 3.63) is 92.6 Å². The minimum Gasteiger partial charge on any atom is -0.484 e. The number of carbonyl (C=O) groups excluding carboxylic acids is 1. The standard InChI is InChI=1S/C36H39Cl2F2N5O3/c1-47-13-11-21-2-6-28(37)23(14-21)19-45(25-4-5-25)36(46)33-27(15-24-17-41-18-31(33)43-24)22-3-9-32(42-16-22)44-12-10-26(20-44)48-35-30(40)8-7-29(39)34(35)38/h2-3,6-9,14,16,24-26,31,41,43H,4-5,10-13,15,17-20H2,1H3/t24-,26+,31+/m0/s1. The van der Waals surface area contributed by atoms with Crippen molar-refractivity contribution in [2.45, 2.75) is 62.9 Å². The van der Waals surface area contributed by atoms with Crippen LogP contribution in [0.1, 0.15) is 42.4 Å². The van der Waals surface area contributed by atoms with Crippen molar-refractivity contribution in [3.63, 3.8) is 0 Å². The Hall–Kier alpha value is -3.28. The number of nitrogens with zero attached hydrogens (tertiary/aromatic N) is 3. The van der Waals surface area contributed by atoms with E-state index < -0.39 is 11.6 Å². The first-order valence-electron chi connectivity index (χ1n) is 16.6. The Kier molecular flexibility index (Phi) is 9.89. The van der Waals surface area contributed by atoms with Gasteiger partial charge in [0.15, 0.2) is 11.6 Å². The third kappa shape index (κ3) is 7.05. The second-order valence-electron chi connectivity index (χ2n) is 13.1. The van der Waals surface area contributed by atoms with Gasteiger partial charge in [0, 0.05) is 68.6 Å². The van der Waals surface area contributed by atoms with Gasteiger partial charge in [-0.05, 0) is 78.3 Å². The third-order valence-electron chi connectivity index (χ3n) is 9.68. The summed E-state index contributed by atoms with van der Waals surface area (Å²) in [4.78, 5) is 23.5. The molecule has 7 rings (SSSR count). The number of pyridine rings is 1. The lowest BCUT2D eigenvalue weighted by Gasteiger charge is -2.41. The molecular formula is C36H39Cl2F2N5O3. The summed E-state index contributed by atoms with van der Waals surface area (Å²) in [5.41, 5.74) is 4.81. The lowest BCUT2D eigenvalue weighted by atomic mass is 9.84. The number of fused-ring (bicyclic) bond motifs is 2. The number of benzene rings is 2. The Morgan fingerprint density at radius 3 is 2.69 bits per heavy atom. The molecule has 4 aliphatic rings. The zero-order valence-corrected chi connectivity index (χ0v) is 28.3. The van der Waals surface area contributed by atoms with Crippen LogP contribution < -0.4 is 20.3 Å². The number of halogens is 4. The lowest BCUT2D eigenvalue weighted by molar-refractivity contribution is -0.128. The molecule has 1 amide bonds. The summed E-state index contributed by atoms with van der Waals surface area (Å²) in [6.45, 7) is 3.66. The smallest absolute Gasteiger partial charge is 0.252 e. The van der Waals surface area contributed by atoms with Crippen LogP contribution >= 0.6 is 23.2 Å². The molecule has 0 unspecified atom stereocenters. The van der Waals surface area contributed by atoms with Crippen molar-refractivity contribution < 1.29 is 23.0 Å². The molecule has 8 nitrogen and oxygen atoms in total. The van der Waals surface area contributed by atoms with Crippen LogP contribution in [0.25, 0.3) is 5.57 Å². The van der Waals surface area contributed by atoms with Crippen molar-refractivity contribution in [1.82, 2.24) is 20.5 Å². The van der Waals surface area contributed by atoms with Gasteiger partial charge < -0.3 is 29.9 Å². The van der Waals surface area contributed by atoms with Crippen LogP contribution in [0.3, 0.4) is 0 Å². The van der Waals surface area contributed by atoms with E-state index in [1.165, 1.54) is 0 Å². The molecular weight excluding hydrogens is 659 g/mol. The fraction of sp³-hybridized carbons (Fsp3) is 0.444. The molecule has 2 saturated heterocycles. The highest BCUT2D eigenvalue weighted by molar-refractivity contribution is 6.32. The number of piperazine rings is 1. The lowest BCUT2D eigenvalue weighted by Crippen LogP contribution is -2.60. The predicted octanol–water partition coefficient (Wildman–Crippen LogP) is 5.79. The van der Waals surface area contributed by atoms with Crippen LogP contribution in [-0.4, -0.2) is 79.9 Å². The van der Waals surface area contributed by atoms with Crippen LogP contribution in [0.4, 0.5) is 14.6 Å². The van der Waals surface area contributed by atoms with E-state index in [2.05, 4.69) is 21.6 Å². The molecule has 3 atom stereocenters. The van der Waals surface area contributed by atoms with Gasteiger partial charge >= 0.3 is 0 Å². The molecule has 3 aliphatic heterocycles. The number of methoxy groups -OCH3 is 1. The van der Waals surface area contributed by atoms with Gasteiger partial charge in [0.05, 0.1) is 19.2 Å². The van der Waals surface area contributed by atoms with Crippen LogP contribution in [0, 0.1) is 11.6 Å². The number of amides is 1. The highest BCUT2D eigenvalue weighted by Crippen LogP contribution is 2.38. The minimum absolute atomic E-state index is 0.0392. The summed E-state index contributed by atoms with van der Waals surface area (Å²) in [5, 5.41) is 7.50. The summed E-state index contributed by atoms with van der Waals surface area (Å²) in [6, 6.07) is 12.3. The Labute approximate surface area is 289 Å². The number of ether oxygens (including phenoxy) is 2. The monoisotopic (exact) mass is 697 g/mol. The maximum atomic E-state index is 14.6. The van der Waals surface area contributed by atoms with Gasteiger partial charge in [-0.15, -0.1) is 0 Å². The zero-order chi connectivity index (χ0) is 33.4. The molecule has 12 heteroatoms. The molecule has 4 heterocycles. The maximum absolute atomic E-state index is 14.6. The molecule has 254 valence electrons. The van der Waals surface area contributed by atoms with Crippen molar-refractivity contribution >= 4 is 40.5 Å². The number of anilines is 1. The first-order chi connectivity index (χ1) is 23.3. The van der Waals surface area contributed by atoms with Crippen molar-refractivity contribution in [2.24, 2.45) is 0 Å². The van der Waals surface area contributed by atoms with Crippen molar-refractivity contribution in [1.29, 1.82) is 0 Å². The van der Waals surface area contributed by atoms with Gasteiger partial charge in [-0.1, -0.05) is 35.3 Å². The predicted molar refractivity (Wildman–Crippen MR) is 183 cm³/mol. The molecule has 48 heavy (non-hydrogen) atoms. The topological polar surface area (TPSA) is 79.0 Å². The molecule has 3 fully saturated rings. The normalized spacial score (nSPS) is 22.3. The van der Waals surface area contributed by atoms with E-state index in [0.717, 1.165) is 71.6 Å². The Morgan fingerprint density at radius 2 is 1.92 bits per heavy atom. The largest absolute Gasteiger partial charge is 0.484 e. The molecule has 2 bridgehead atoms. The third-order valence-corrected chi connectivity index (χ3v) is 10.4. The molecule has 2 N–H and O–H groups in total. The van der Waals surface area contributed by atoms with E-state index in [-0.39, 0.29) is 40.9 Å². The number of hydrogen-bond donors (Lipinski definition) is 2. The molecule has 1 aliphatic carbocycles. The van der Waals surface area contributed by atoms with Crippen LogP contribution in [0.15, 0.2) is 54.2 Å². The number of carbonyl (C=O) groups is 1. The highest BCUT2D eigenvalue weighted by atomic mass is 35.5. The van der Waals surface area contributed by atoms with Crippen molar-refractivity contribution in [3.8, 4) is 5.75 Å². The van der Waals surface area contributed by atoms with E-state index in [0.29, 0.717) is 50.7 Å². The number of rotatable bonds is 11.